The van der Waals surface area contributed by atoms with Crippen molar-refractivity contribution in [3.8, 4) is 11.5 Å². The average Bonchev–Trinajstić information content (AvgIpc) is 2.96. The second-order valence-corrected chi connectivity index (χ2v) is 12.2. The van der Waals surface area contributed by atoms with Crippen LogP contribution in [0.2, 0.25) is 0 Å². The molecule has 2 aliphatic rings. The van der Waals surface area contributed by atoms with Gasteiger partial charge in [-0.05, 0) is 79.8 Å². The minimum absolute atomic E-state index is 0.0177. The normalized spacial score (nSPS) is 21.2. The first-order chi connectivity index (χ1) is 20.0. The summed E-state index contributed by atoms with van der Waals surface area (Å²) in [5.41, 5.74) is -0.0573. The van der Waals surface area contributed by atoms with Crippen molar-refractivity contribution < 1.29 is 33.4 Å². The molecule has 2 aliphatic carbocycles. The number of fused-ring (bicyclic) bond motifs is 1. The number of rotatable bonds is 9. The van der Waals surface area contributed by atoms with Crippen LogP contribution in [0, 0.1) is 16.6 Å². The van der Waals surface area contributed by atoms with E-state index in [-0.39, 0.29) is 34.5 Å². The molecule has 5 rings (SSSR count). The maximum Gasteiger partial charge on any atom is 0.309 e. The number of halogens is 1. The van der Waals surface area contributed by atoms with Crippen LogP contribution in [0.3, 0.4) is 0 Å². The molecule has 0 saturated heterocycles. The Kier molecular flexibility index (Phi) is 8.12. The Morgan fingerprint density at radius 2 is 1.60 bits per heavy atom. The predicted octanol–water partition coefficient (Wildman–Crippen LogP) is 6.57. The van der Waals surface area contributed by atoms with E-state index >= 15 is 4.39 Å². The lowest BCUT2D eigenvalue weighted by molar-refractivity contribution is -0.150. The van der Waals surface area contributed by atoms with Crippen molar-refractivity contribution in [2.75, 3.05) is 19.0 Å². The van der Waals surface area contributed by atoms with Gasteiger partial charge in [-0.2, -0.15) is 0 Å². The van der Waals surface area contributed by atoms with E-state index in [2.05, 4.69) is 17.6 Å². The summed E-state index contributed by atoms with van der Waals surface area (Å²) in [7, 11) is 1.34. The molecule has 0 bridgehead atoms. The van der Waals surface area contributed by atoms with Gasteiger partial charge in [0.15, 0.2) is 11.6 Å². The summed E-state index contributed by atoms with van der Waals surface area (Å²) in [5, 5.41) is 17.1. The molecule has 3 N–H and O–H groups in total. The molecular formula is C33H37FN2O6. The highest BCUT2D eigenvalue weighted by Crippen LogP contribution is 2.40. The Bertz CT molecular complexity index is 1520. The first-order valence-corrected chi connectivity index (χ1v) is 14.4. The minimum atomic E-state index is -0.852. The molecule has 2 saturated carbocycles. The number of hydrogen-bond donors (Lipinski definition) is 3. The van der Waals surface area contributed by atoms with Crippen molar-refractivity contribution >= 4 is 34.2 Å². The third-order valence-electron chi connectivity index (χ3n) is 8.96. The number of nitrogens with one attached hydrogen (secondary N) is 2. The van der Waals surface area contributed by atoms with Crippen LogP contribution < -0.4 is 20.1 Å². The van der Waals surface area contributed by atoms with Crippen LogP contribution in [0.25, 0.3) is 10.8 Å². The number of anilines is 1. The predicted molar refractivity (Wildman–Crippen MR) is 158 cm³/mol. The van der Waals surface area contributed by atoms with Gasteiger partial charge in [0.1, 0.15) is 5.75 Å². The lowest BCUT2D eigenvalue weighted by atomic mass is 9.70. The molecule has 0 radical (unpaired) electrons. The summed E-state index contributed by atoms with van der Waals surface area (Å²) in [6.07, 6.45) is 4.59. The van der Waals surface area contributed by atoms with E-state index in [1.54, 1.807) is 19.1 Å². The number of amides is 2. The second-order valence-electron chi connectivity index (χ2n) is 12.2. The highest BCUT2D eigenvalue weighted by atomic mass is 19.1. The van der Waals surface area contributed by atoms with E-state index in [9.17, 15) is 19.5 Å². The summed E-state index contributed by atoms with van der Waals surface area (Å²) in [6.45, 7) is 4.40. The van der Waals surface area contributed by atoms with Crippen LogP contribution in [0.5, 0.6) is 11.5 Å². The number of carboxylic acids is 1. The second kappa shape index (κ2) is 11.6. The van der Waals surface area contributed by atoms with Gasteiger partial charge < -0.3 is 25.2 Å². The molecule has 0 atom stereocenters. The molecule has 2 amide bonds. The van der Waals surface area contributed by atoms with E-state index in [0.29, 0.717) is 43.5 Å². The van der Waals surface area contributed by atoms with Crippen molar-refractivity contribution in [3.05, 3.63) is 65.5 Å². The zero-order valence-electron chi connectivity index (χ0n) is 24.2. The SMILES string of the molecule is COc1cc(F)c(OC2CCC(C)(C(=O)O)CC2)cc1C(=O)Nc1cc2ccccc2cc1C(=O)NCC1(C)CCC1. The number of carbonyl (C=O) groups is 3. The van der Waals surface area contributed by atoms with E-state index < -0.39 is 23.1 Å². The Balaban J connectivity index is 1.40. The summed E-state index contributed by atoms with van der Waals surface area (Å²) < 4.78 is 26.3. The number of aliphatic carboxylic acids is 1. The number of hydrogen-bond acceptors (Lipinski definition) is 5. The van der Waals surface area contributed by atoms with Crippen LogP contribution in [-0.2, 0) is 4.79 Å². The first-order valence-electron chi connectivity index (χ1n) is 14.4. The van der Waals surface area contributed by atoms with Gasteiger partial charge in [-0.25, -0.2) is 4.39 Å². The smallest absolute Gasteiger partial charge is 0.309 e. The molecule has 9 heteroatoms. The fourth-order valence-corrected chi connectivity index (χ4v) is 5.78. The Labute approximate surface area is 244 Å². The fourth-order valence-electron chi connectivity index (χ4n) is 5.78. The topological polar surface area (TPSA) is 114 Å². The van der Waals surface area contributed by atoms with Gasteiger partial charge in [0.05, 0.1) is 35.4 Å². The van der Waals surface area contributed by atoms with Crippen molar-refractivity contribution in [1.82, 2.24) is 5.32 Å². The number of carbonyl (C=O) groups excluding carboxylic acids is 2. The molecule has 0 unspecified atom stereocenters. The monoisotopic (exact) mass is 576 g/mol. The van der Waals surface area contributed by atoms with Crippen molar-refractivity contribution in [2.24, 2.45) is 10.8 Å². The number of ether oxygens (including phenoxy) is 2. The third kappa shape index (κ3) is 6.05. The van der Waals surface area contributed by atoms with Gasteiger partial charge in [-0.1, -0.05) is 37.6 Å². The molecule has 0 aromatic heterocycles. The van der Waals surface area contributed by atoms with Crippen LogP contribution in [0.15, 0.2) is 48.5 Å². The zero-order valence-corrected chi connectivity index (χ0v) is 24.2. The Morgan fingerprint density at radius 3 is 2.19 bits per heavy atom. The average molecular weight is 577 g/mol. The quantitative estimate of drug-likeness (QED) is 0.265. The van der Waals surface area contributed by atoms with E-state index in [0.717, 1.165) is 36.1 Å². The number of carboxylic acid groups (broad SMARTS) is 1. The van der Waals surface area contributed by atoms with Crippen LogP contribution in [0.1, 0.15) is 79.5 Å². The standard InChI is InChI=1S/C33H37FN2O6/c1-32(11-6-12-32)19-35-29(37)23-15-20-7-4-5-8-21(20)16-26(23)36-30(38)24-17-28(25(34)18-27(24)41-3)42-22-9-13-33(2,14-10-22)31(39)40/h4-5,7-8,15-18,22H,6,9-14,19H2,1-3H3,(H,35,37)(H,36,38)(H,39,40). The molecule has 8 nitrogen and oxygen atoms in total. The van der Waals surface area contributed by atoms with Crippen LogP contribution >= 0.6 is 0 Å². The fraction of sp³-hybridized carbons (Fsp3) is 0.424. The van der Waals surface area contributed by atoms with Gasteiger partial charge in [-0.3, -0.25) is 14.4 Å². The Hall–Kier alpha value is -4.14. The summed E-state index contributed by atoms with van der Waals surface area (Å²) >= 11 is 0. The Morgan fingerprint density at radius 1 is 0.929 bits per heavy atom. The van der Waals surface area contributed by atoms with Gasteiger partial charge >= 0.3 is 5.97 Å². The maximum absolute atomic E-state index is 15.0. The summed E-state index contributed by atoms with van der Waals surface area (Å²) in [5.74, 6) is -2.52. The summed E-state index contributed by atoms with van der Waals surface area (Å²) in [6, 6.07) is 13.5. The van der Waals surface area contributed by atoms with Gasteiger partial charge in [0.25, 0.3) is 11.8 Å². The molecule has 2 fully saturated rings. The van der Waals surface area contributed by atoms with Gasteiger partial charge in [-0.15, -0.1) is 0 Å². The van der Waals surface area contributed by atoms with E-state index in [4.69, 9.17) is 9.47 Å². The van der Waals surface area contributed by atoms with Crippen LogP contribution in [-0.4, -0.2) is 42.6 Å². The van der Waals surface area contributed by atoms with E-state index in [1.807, 2.05) is 24.3 Å². The number of benzene rings is 3. The van der Waals surface area contributed by atoms with Gasteiger partial charge in [0, 0.05) is 12.6 Å². The largest absolute Gasteiger partial charge is 0.496 e. The molecule has 222 valence electrons. The minimum Gasteiger partial charge on any atom is -0.496 e. The lowest BCUT2D eigenvalue weighted by Crippen LogP contribution is -2.40. The van der Waals surface area contributed by atoms with Crippen molar-refractivity contribution in [1.29, 1.82) is 0 Å². The highest BCUT2D eigenvalue weighted by molar-refractivity contribution is 6.12. The molecule has 3 aromatic carbocycles. The lowest BCUT2D eigenvalue weighted by Gasteiger charge is -2.38. The maximum atomic E-state index is 15.0. The molecule has 0 spiro atoms. The van der Waals surface area contributed by atoms with Crippen molar-refractivity contribution in [2.45, 2.75) is 64.9 Å². The van der Waals surface area contributed by atoms with Gasteiger partial charge in [0.2, 0.25) is 0 Å². The summed E-state index contributed by atoms with van der Waals surface area (Å²) in [4.78, 5) is 38.6. The molecule has 3 aromatic rings. The molecule has 0 heterocycles. The third-order valence-corrected chi connectivity index (χ3v) is 8.96. The number of methoxy groups -OCH3 is 1. The molecular weight excluding hydrogens is 539 g/mol. The van der Waals surface area contributed by atoms with Crippen LogP contribution in [0.4, 0.5) is 10.1 Å². The first kappa shape index (κ1) is 29.4. The van der Waals surface area contributed by atoms with Crippen molar-refractivity contribution in [3.63, 3.8) is 0 Å². The molecule has 42 heavy (non-hydrogen) atoms. The molecule has 0 aliphatic heterocycles. The van der Waals surface area contributed by atoms with E-state index in [1.165, 1.54) is 13.2 Å². The zero-order chi connectivity index (χ0) is 30.1. The highest BCUT2D eigenvalue weighted by Gasteiger charge is 2.38.